The summed E-state index contributed by atoms with van der Waals surface area (Å²) in [6.45, 7) is 2.62. The smallest absolute Gasteiger partial charge is 0.218 e. The Hall–Kier alpha value is -2.14. The van der Waals surface area contributed by atoms with Crippen LogP contribution in [0.15, 0.2) is 36.4 Å². The van der Waals surface area contributed by atoms with Crippen molar-refractivity contribution in [1.82, 2.24) is 9.97 Å². The maximum absolute atomic E-state index is 5.67. The van der Waals surface area contributed by atoms with Gasteiger partial charge in [-0.2, -0.15) is 4.98 Å². The first-order valence-electron chi connectivity index (χ1n) is 6.83. The van der Waals surface area contributed by atoms with Gasteiger partial charge < -0.3 is 10.2 Å². The van der Waals surface area contributed by atoms with E-state index in [-0.39, 0.29) is 0 Å². The minimum absolute atomic E-state index is 0.567. The Morgan fingerprint density at radius 1 is 1.20 bits per heavy atom. The van der Waals surface area contributed by atoms with E-state index in [1.54, 1.807) is 6.07 Å². The molecule has 5 nitrogen and oxygen atoms in total. The van der Waals surface area contributed by atoms with Crippen molar-refractivity contribution >= 4 is 5.82 Å². The third-order valence-electron chi connectivity index (χ3n) is 2.92. The van der Waals surface area contributed by atoms with Crippen LogP contribution < -0.4 is 16.0 Å². The fourth-order valence-corrected chi connectivity index (χ4v) is 1.88. The summed E-state index contributed by atoms with van der Waals surface area (Å²) in [6, 6.07) is 12.1. The number of nitrogens with zero attached hydrogens (tertiary/aromatic N) is 2. The Morgan fingerprint density at radius 3 is 2.70 bits per heavy atom. The summed E-state index contributed by atoms with van der Waals surface area (Å²) in [5.74, 6) is 7.24. The van der Waals surface area contributed by atoms with Crippen molar-refractivity contribution < 1.29 is 4.74 Å². The molecule has 0 aliphatic heterocycles. The van der Waals surface area contributed by atoms with Crippen molar-refractivity contribution in [1.29, 1.82) is 0 Å². The van der Waals surface area contributed by atoms with Crippen molar-refractivity contribution in [2.24, 2.45) is 5.84 Å². The Morgan fingerprint density at radius 2 is 2.00 bits per heavy atom. The normalized spacial score (nSPS) is 10.3. The SMILES string of the molecule is CCc1nc(NN)cc(OCCCc2ccccc2)n1. The van der Waals surface area contributed by atoms with Crippen LogP contribution in [0.1, 0.15) is 24.7 Å². The van der Waals surface area contributed by atoms with E-state index < -0.39 is 0 Å². The molecule has 0 unspecified atom stereocenters. The molecule has 0 saturated heterocycles. The fraction of sp³-hybridized carbons (Fsp3) is 0.333. The fourth-order valence-electron chi connectivity index (χ4n) is 1.88. The zero-order valence-corrected chi connectivity index (χ0v) is 11.7. The molecule has 3 N–H and O–H groups in total. The van der Waals surface area contributed by atoms with Crippen LogP contribution in [0.4, 0.5) is 5.82 Å². The average Bonchev–Trinajstić information content (AvgIpc) is 2.52. The van der Waals surface area contributed by atoms with Crippen molar-refractivity contribution in [2.75, 3.05) is 12.0 Å². The second-order valence-electron chi connectivity index (χ2n) is 4.44. The summed E-state index contributed by atoms with van der Waals surface area (Å²) < 4.78 is 5.67. The van der Waals surface area contributed by atoms with Gasteiger partial charge in [0.2, 0.25) is 5.88 Å². The molecule has 0 fully saturated rings. The molecule has 1 aromatic heterocycles. The van der Waals surface area contributed by atoms with E-state index in [0.717, 1.165) is 25.1 Å². The quantitative estimate of drug-likeness (QED) is 0.460. The van der Waals surface area contributed by atoms with Gasteiger partial charge in [0, 0.05) is 12.5 Å². The molecule has 1 heterocycles. The van der Waals surface area contributed by atoms with E-state index >= 15 is 0 Å². The molecular weight excluding hydrogens is 252 g/mol. The summed E-state index contributed by atoms with van der Waals surface area (Å²) >= 11 is 0. The summed E-state index contributed by atoms with van der Waals surface area (Å²) in [4.78, 5) is 8.53. The zero-order chi connectivity index (χ0) is 14.2. The molecule has 5 heteroatoms. The Bertz CT molecular complexity index is 508. The zero-order valence-electron chi connectivity index (χ0n) is 11.7. The monoisotopic (exact) mass is 272 g/mol. The van der Waals surface area contributed by atoms with Crippen LogP contribution in [0.2, 0.25) is 0 Å². The molecule has 106 valence electrons. The number of nitrogens with one attached hydrogen (secondary N) is 1. The molecule has 0 amide bonds. The van der Waals surface area contributed by atoms with Crippen LogP contribution in [0.25, 0.3) is 0 Å². The maximum Gasteiger partial charge on any atom is 0.218 e. The molecule has 2 aromatic rings. The molecule has 0 radical (unpaired) electrons. The number of rotatable bonds is 7. The van der Waals surface area contributed by atoms with Crippen molar-refractivity contribution in [3.63, 3.8) is 0 Å². The molecule has 0 saturated carbocycles. The molecule has 20 heavy (non-hydrogen) atoms. The Kier molecular flexibility index (Phi) is 5.32. The van der Waals surface area contributed by atoms with E-state index in [1.165, 1.54) is 5.56 Å². The molecule has 0 aliphatic rings. The minimum Gasteiger partial charge on any atom is -0.478 e. The highest BCUT2D eigenvalue weighted by molar-refractivity contribution is 5.36. The lowest BCUT2D eigenvalue weighted by atomic mass is 10.1. The highest BCUT2D eigenvalue weighted by Gasteiger charge is 2.03. The molecule has 2 rings (SSSR count). The molecule has 1 aromatic carbocycles. The minimum atomic E-state index is 0.567. The first-order valence-corrected chi connectivity index (χ1v) is 6.83. The van der Waals surface area contributed by atoms with Gasteiger partial charge in [-0.05, 0) is 18.4 Å². The lowest BCUT2D eigenvalue weighted by Gasteiger charge is -2.08. The first kappa shape index (κ1) is 14.3. The van der Waals surface area contributed by atoms with Crippen LogP contribution in [0.3, 0.4) is 0 Å². The third kappa shape index (κ3) is 4.20. The van der Waals surface area contributed by atoms with E-state index in [1.807, 2.05) is 25.1 Å². The Labute approximate surface area is 119 Å². The number of nitrogens with two attached hydrogens (primary N) is 1. The predicted octanol–water partition coefficient (Wildman–Crippen LogP) is 2.34. The van der Waals surface area contributed by atoms with Gasteiger partial charge in [-0.1, -0.05) is 37.3 Å². The largest absolute Gasteiger partial charge is 0.478 e. The van der Waals surface area contributed by atoms with Crippen molar-refractivity contribution in [3.8, 4) is 5.88 Å². The second-order valence-corrected chi connectivity index (χ2v) is 4.44. The van der Waals surface area contributed by atoms with Crippen LogP contribution in [0.5, 0.6) is 5.88 Å². The van der Waals surface area contributed by atoms with Gasteiger partial charge in [0.1, 0.15) is 11.6 Å². The maximum atomic E-state index is 5.67. The number of hydrogen-bond donors (Lipinski definition) is 2. The van der Waals surface area contributed by atoms with Gasteiger partial charge in [-0.15, -0.1) is 0 Å². The first-order chi connectivity index (χ1) is 9.81. The van der Waals surface area contributed by atoms with Crippen molar-refractivity contribution in [3.05, 3.63) is 47.8 Å². The number of aryl methyl sites for hydroxylation is 2. The van der Waals surface area contributed by atoms with E-state index in [4.69, 9.17) is 10.6 Å². The standard InChI is InChI=1S/C15H20N4O/c1-2-13-17-14(19-16)11-15(18-13)20-10-6-9-12-7-4-3-5-8-12/h3-5,7-8,11H,2,6,9-10,16H2,1H3,(H,17,18,19). The molecular formula is C15H20N4O. The number of nitrogen functional groups attached to an aromatic ring is 1. The molecule has 0 atom stereocenters. The molecule has 0 spiro atoms. The number of aromatic nitrogens is 2. The number of ether oxygens (including phenoxy) is 1. The highest BCUT2D eigenvalue weighted by atomic mass is 16.5. The summed E-state index contributed by atoms with van der Waals surface area (Å²) in [7, 11) is 0. The van der Waals surface area contributed by atoms with Gasteiger partial charge in [0.15, 0.2) is 0 Å². The predicted molar refractivity (Wildman–Crippen MR) is 79.5 cm³/mol. The van der Waals surface area contributed by atoms with E-state index in [2.05, 4.69) is 27.5 Å². The van der Waals surface area contributed by atoms with Gasteiger partial charge in [0.25, 0.3) is 0 Å². The van der Waals surface area contributed by atoms with E-state index in [9.17, 15) is 0 Å². The lowest BCUT2D eigenvalue weighted by Crippen LogP contribution is -2.11. The molecule has 0 aliphatic carbocycles. The summed E-state index contributed by atoms with van der Waals surface area (Å²) in [5, 5.41) is 0. The van der Waals surface area contributed by atoms with Gasteiger partial charge >= 0.3 is 0 Å². The van der Waals surface area contributed by atoms with Gasteiger partial charge in [-0.3, -0.25) is 0 Å². The third-order valence-corrected chi connectivity index (χ3v) is 2.92. The Balaban J connectivity index is 1.84. The lowest BCUT2D eigenvalue weighted by molar-refractivity contribution is 0.298. The molecule has 0 bridgehead atoms. The number of benzene rings is 1. The van der Waals surface area contributed by atoms with Crippen molar-refractivity contribution in [2.45, 2.75) is 26.2 Å². The topological polar surface area (TPSA) is 73.1 Å². The summed E-state index contributed by atoms with van der Waals surface area (Å²) in [5.41, 5.74) is 3.84. The van der Waals surface area contributed by atoms with Crippen LogP contribution >= 0.6 is 0 Å². The van der Waals surface area contributed by atoms with E-state index in [0.29, 0.717) is 18.3 Å². The average molecular weight is 272 g/mol. The number of anilines is 1. The number of hydrogen-bond acceptors (Lipinski definition) is 5. The van der Waals surface area contributed by atoms with Crippen LogP contribution in [-0.2, 0) is 12.8 Å². The van der Waals surface area contributed by atoms with Gasteiger partial charge in [0.05, 0.1) is 6.61 Å². The van der Waals surface area contributed by atoms with Crippen LogP contribution in [0, 0.1) is 0 Å². The van der Waals surface area contributed by atoms with Gasteiger partial charge in [-0.25, -0.2) is 10.8 Å². The second kappa shape index (κ2) is 7.45. The summed E-state index contributed by atoms with van der Waals surface area (Å²) in [6.07, 6.45) is 2.69. The number of hydrazine groups is 1. The van der Waals surface area contributed by atoms with Crippen LogP contribution in [-0.4, -0.2) is 16.6 Å². The highest BCUT2D eigenvalue weighted by Crippen LogP contribution is 2.13.